The molecule has 1 N–H and O–H groups in total. The third-order valence-electron chi connectivity index (χ3n) is 4.86. The van der Waals surface area contributed by atoms with Gasteiger partial charge in [-0.2, -0.15) is 0 Å². The van der Waals surface area contributed by atoms with Crippen LogP contribution in [0, 0.1) is 5.92 Å². The standard InChI is InChI=1S/C18H25N3O/c1-3-13(4-2)18(22)21-11-7-8-14(12-21)17-19-15-9-5-6-10-16(15)20-17/h5-6,9-10,13-14H,3-4,7-8,11-12H2,1-2H3,(H,19,20). The molecule has 1 aliphatic heterocycles. The smallest absolute Gasteiger partial charge is 0.225 e. The largest absolute Gasteiger partial charge is 0.342 e. The Labute approximate surface area is 131 Å². The quantitative estimate of drug-likeness (QED) is 0.935. The van der Waals surface area contributed by atoms with Gasteiger partial charge in [0.25, 0.3) is 0 Å². The number of para-hydroxylation sites is 2. The number of carbonyl (C=O) groups is 1. The monoisotopic (exact) mass is 299 g/mol. The van der Waals surface area contributed by atoms with E-state index in [0.29, 0.717) is 11.8 Å². The Kier molecular flexibility index (Phi) is 4.46. The van der Waals surface area contributed by atoms with Crippen LogP contribution in [0.2, 0.25) is 0 Å². The van der Waals surface area contributed by atoms with Crippen LogP contribution in [0.15, 0.2) is 24.3 Å². The Hall–Kier alpha value is -1.84. The zero-order valence-electron chi connectivity index (χ0n) is 13.5. The lowest BCUT2D eigenvalue weighted by molar-refractivity contribution is -0.137. The number of benzene rings is 1. The molecule has 1 aromatic carbocycles. The Morgan fingerprint density at radius 1 is 1.36 bits per heavy atom. The second kappa shape index (κ2) is 6.51. The van der Waals surface area contributed by atoms with Crippen molar-refractivity contribution in [1.82, 2.24) is 14.9 Å². The highest BCUT2D eigenvalue weighted by Crippen LogP contribution is 2.28. The molecule has 2 aromatic rings. The minimum atomic E-state index is 0.175. The average Bonchev–Trinajstić information content (AvgIpc) is 3.00. The maximum absolute atomic E-state index is 12.6. The van der Waals surface area contributed by atoms with Gasteiger partial charge in [0.1, 0.15) is 5.82 Å². The Bertz CT molecular complexity index is 612. The normalized spacial score (nSPS) is 19.0. The van der Waals surface area contributed by atoms with Crippen molar-refractivity contribution in [3.63, 3.8) is 0 Å². The van der Waals surface area contributed by atoms with Gasteiger partial charge in [0, 0.05) is 24.9 Å². The van der Waals surface area contributed by atoms with Gasteiger partial charge in [0.2, 0.25) is 5.91 Å². The van der Waals surface area contributed by atoms with E-state index in [4.69, 9.17) is 4.98 Å². The van der Waals surface area contributed by atoms with Gasteiger partial charge in [-0.1, -0.05) is 26.0 Å². The number of carbonyl (C=O) groups excluding carboxylic acids is 1. The van der Waals surface area contributed by atoms with Gasteiger partial charge >= 0.3 is 0 Å². The molecule has 1 unspecified atom stereocenters. The first-order valence-electron chi connectivity index (χ1n) is 8.46. The number of likely N-dealkylation sites (tertiary alicyclic amines) is 1. The Morgan fingerprint density at radius 3 is 2.86 bits per heavy atom. The molecule has 4 nitrogen and oxygen atoms in total. The van der Waals surface area contributed by atoms with E-state index in [1.807, 2.05) is 18.2 Å². The van der Waals surface area contributed by atoms with Gasteiger partial charge in [-0.3, -0.25) is 4.79 Å². The van der Waals surface area contributed by atoms with E-state index in [9.17, 15) is 4.79 Å². The number of hydrogen-bond donors (Lipinski definition) is 1. The maximum atomic E-state index is 12.6. The van der Waals surface area contributed by atoms with E-state index in [2.05, 4.69) is 29.8 Å². The zero-order valence-corrected chi connectivity index (χ0v) is 13.5. The number of hydrogen-bond acceptors (Lipinski definition) is 2. The zero-order chi connectivity index (χ0) is 15.5. The number of nitrogens with one attached hydrogen (secondary N) is 1. The first-order valence-corrected chi connectivity index (χ1v) is 8.46. The van der Waals surface area contributed by atoms with Crippen molar-refractivity contribution in [3.05, 3.63) is 30.1 Å². The summed E-state index contributed by atoms with van der Waals surface area (Å²) >= 11 is 0. The molecule has 0 bridgehead atoms. The molecule has 1 atom stereocenters. The van der Waals surface area contributed by atoms with Crippen LogP contribution in [0.3, 0.4) is 0 Å². The van der Waals surface area contributed by atoms with Crippen LogP contribution in [0.5, 0.6) is 0 Å². The Balaban J connectivity index is 1.76. The minimum absolute atomic E-state index is 0.175. The van der Waals surface area contributed by atoms with Crippen molar-refractivity contribution in [2.45, 2.75) is 45.4 Å². The number of aromatic amines is 1. The molecule has 1 aliphatic rings. The van der Waals surface area contributed by atoms with Gasteiger partial charge in [-0.05, 0) is 37.8 Å². The fourth-order valence-corrected chi connectivity index (χ4v) is 3.46. The van der Waals surface area contributed by atoms with E-state index in [0.717, 1.165) is 55.6 Å². The lowest BCUT2D eigenvalue weighted by Crippen LogP contribution is -2.42. The first-order chi connectivity index (χ1) is 10.7. The van der Waals surface area contributed by atoms with Gasteiger partial charge in [-0.15, -0.1) is 0 Å². The summed E-state index contributed by atoms with van der Waals surface area (Å²) in [5, 5.41) is 0. The first kappa shape index (κ1) is 15.1. The summed E-state index contributed by atoms with van der Waals surface area (Å²) in [7, 11) is 0. The molecule has 1 aromatic heterocycles. The predicted molar refractivity (Wildman–Crippen MR) is 88.7 cm³/mol. The molecule has 0 spiro atoms. The van der Waals surface area contributed by atoms with Crippen LogP contribution in [-0.4, -0.2) is 33.9 Å². The van der Waals surface area contributed by atoms with Crippen LogP contribution in [-0.2, 0) is 4.79 Å². The molecule has 3 rings (SSSR count). The number of aromatic nitrogens is 2. The number of piperidine rings is 1. The summed E-state index contributed by atoms with van der Waals surface area (Å²) in [5.74, 6) is 1.86. The van der Waals surface area contributed by atoms with E-state index in [1.54, 1.807) is 0 Å². The SMILES string of the molecule is CCC(CC)C(=O)N1CCCC(c2nc3ccccc3[nH]2)C1. The molecule has 1 amide bonds. The molecule has 1 fully saturated rings. The summed E-state index contributed by atoms with van der Waals surface area (Å²) in [4.78, 5) is 22.8. The molecule has 1 saturated heterocycles. The van der Waals surface area contributed by atoms with Gasteiger partial charge in [-0.25, -0.2) is 4.98 Å². The molecule has 0 saturated carbocycles. The predicted octanol–water partition coefficient (Wildman–Crippen LogP) is 3.71. The van der Waals surface area contributed by atoms with Crippen LogP contribution < -0.4 is 0 Å². The fourth-order valence-electron chi connectivity index (χ4n) is 3.46. The van der Waals surface area contributed by atoms with Gasteiger partial charge in [0.05, 0.1) is 11.0 Å². The lowest BCUT2D eigenvalue weighted by Gasteiger charge is -2.34. The number of rotatable bonds is 4. The summed E-state index contributed by atoms with van der Waals surface area (Å²) in [6.45, 7) is 5.90. The van der Waals surface area contributed by atoms with Crippen molar-refractivity contribution in [3.8, 4) is 0 Å². The lowest BCUT2D eigenvalue weighted by atomic mass is 9.94. The topological polar surface area (TPSA) is 49.0 Å². The second-order valence-corrected chi connectivity index (χ2v) is 6.28. The summed E-state index contributed by atoms with van der Waals surface area (Å²) < 4.78 is 0. The molecular weight excluding hydrogens is 274 g/mol. The third kappa shape index (κ3) is 2.87. The summed E-state index contributed by atoms with van der Waals surface area (Å²) in [5.41, 5.74) is 2.10. The number of fused-ring (bicyclic) bond motifs is 1. The molecular formula is C18H25N3O. The van der Waals surface area contributed by atoms with Crippen molar-refractivity contribution < 1.29 is 4.79 Å². The third-order valence-corrected chi connectivity index (χ3v) is 4.86. The Morgan fingerprint density at radius 2 is 2.14 bits per heavy atom. The molecule has 0 aliphatic carbocycles. The fraction of sp³-hybridized carbons (Fsp3) is 0.556. The maximum Gasteiger partial charge on any atom is 0.225 e. The summed E-state index contributed by atoms with van der Waals surface area (Å²) in [6, 6.07) is 8.12. The van der Waals surface area contributed by atoms with Crippen molar-refractivity contribution in [1.29, 1.82) is 0 Å². The van der Waals surface area contributed by atoms with Crippen molar-refractivity contribution >= 4 is 16.9 Å². The average molecular weight is 299 g/mol. The van der Waals surface area contributed by atoms with E-state index >= 15 is 0 Å². The molecule has 22 heavy (non-hydrogen) atoms. The van der Waals surface area contributed by atoms with Crippen molar-refractivity contribution in [2.75, 3.05) is 13.1 Å². The molecule has 2 heterocycles. The highest BCUT2D eigenvalue weighted by atomic mass is 16.2. The van der Waals surface area contributed by atoms with Gasteiger partial charge in [0.15, 0.2) is 0 Å². The molecule has 4 heteroatoms. The van der Waals surface area contributed by atoms with Crippen LogP contribution in [0.1, 0.15) is 51.3 Å². The van der Waals surface area contributed by atoms with Crippen LogP contribution in [0.4, 0.5) is 0 Å². The molecule has 0 radical (unpaired) electrons. The van der Waals surface area contributed by atoms with Crippen LogP contribution >= 0.6 is 0 Å². The van der Waals surface area contributed by atoms with E-state index in [-0.39, 0.29) is 5.92 Å². The number of nitrogens with zero attached hydrogens (tertiary/aromatic N) is 2. The summed E-state index contributed by atoms with van der Waals surface area (Å²) in [6.07, 6.45) is 4.03. The van der Waals surface area contributed by atoms with Crippen LogP contribution in [0.25, 0.3) is 11.0 Å². The number of imidazole rings is 1. The molecule has 118 valence electrons. The second-order valence-electron chi connectivity index (χ2n) is 6.28. The van der Waals surface area contributed by atoms with Gasteiger partial charge < -0.3 is 9.88 Å². The van der Waals surface area contributed by atoms with Crippen molar-refractivity contribution in [2.24, 2.45) is 5.92 Å². The minimum Gasteiger partial charge on any atom is -0.342 e. The van der Waals surface area contributed by atoms with E-state index < -0.39 is 0 Å². The number of amides is 1. The highest BCUT2D eigenvalue weighted by molar-refractivity contribution is 5.79. The number of H-pyrrole nitrogens is 1. The van der Waals surface area contributed by atoms with E-state index in [1.165, 1.54) is 0 Å². The highest BCUT2D eigenvalue weighted by Gasteiger charge is 2.29.